The fourth-order valence-electron chi connectivity index (χ4n) is 3.81. The molecule has 3 nitrogen and oxygen atoms in total. The Morgan fingerprint density at radius 3 is 2.10 bits per heavy atom. The summed E-state index contributed by atoms with van der Waals surface area (Å²) in [6.07, 6.45) is 12.1. The van der Waals surface area contributed by atoms with Gasteiger partial charge in [0.15, 0.2) is 0 Å². The van der Waals surface area contributed by atoms with Gasteiger partial charge in [0.1, 0.15) is 17.9 Å². The van der Waals surface area contributed by atoms with E-state index in [4.69, 9.17) is 14.8 Å². The molecule has 2 aromatic carbocycles. The summed E-state index contributed by atoms with van der Waals surface area (Å²) in [5, 5.41) is 9.93. The number of aromatic nitrogens is 1. The van der Waals surface area contributed by atoms with Crippen LogP contribution in [0.5, 0.6) is 5.75 Å². The number of rotatable bonds is 14. The molecule has 0 spiro atoms. The zero-order chi connectivity index (χ0) is 20.9. The first kappa shape index (κ1) is 22.3. The maximum atomic E-state index is 8.80. The number of nitrogens with zero attached hydrogens (tertiary/aromatic N) is 1. The lowest BCUT2D eigenvalue weighted by molar-refractivity contribution is 0.282. The standard InChI is InChI=1S/C27H35NO2/c29-21-12-7-5-3-1-2-4-6-11-17-25-20-19-24-16-13-18-26(27(24)28-25)30-22-23-14-9-8-10-15-23/h8-10,13-16,18-20,29H,1-7,11-12,17,21-22H2. The van der Waals surface area contributed by atoms with Crippen LogP contribution in [-0.2, 0) is 13.0 Å². The van der Waals surface area contributed by atoms with Gasteiger partial charge in [-0.3, -0.25) is 0 Å². The first-order valence-electron chi connectivity index (χ1n) is 11.5. The second-order valence-electron chi connectivity index (χ2n) is 8.06. The molecule has 0 aliphatic rings. The summed E-state index contributed by atoms with van der Waals surface area (Å²) in [6.45, 7) is 0.898. The largest absolute Gasteiger partial charge is 0.487 e. The Labute approximate surface area is 181 Å². The summed E-state index contributed by atoms with van der Waals surface area (Å²) in [5.41, 5.74) is 3.29. The molecule has 0 aliphatic heterocycles. The van der Waals surface area contributed by atoms with E-state index < -0.39 is 0 Å². The Morgan fingerprint density at radius 2 is 1.37 bits per heavy atom. The lowest BCUT2D eigenvalue weighted by atomic mass is 10.1. The second-order valence-corrected chi connectivity index (χ2v) is 8.06. The molecule has 0 unspecified atom stereocenters. The van der Waals surface area contributed by atoms with Crippen molar-refractivity contribution in [2.75, 3.05) is 6.61 Å². The highest BCUT2D eigenvalue weighted by Crippen LogP contribution is 2.25. The maximum absolute atomic E-state index is 8.80. The van der Waals surface area contributed by atoms with Crippen LogP contribution < -0.4 is 4.74 Å². The Hall–Kier alpha value is -2.39. The maximum Gasteiger partial charge on any atom is 0.146 e. The number of hydrogen-bond donors (Lipinski definition) is 1. The fraction of sp³-hybridized carbons (Fsp3) is 0.444. The van der Waals surface area contributed by atoms with E-state index in [1.807, 2.05) is 30.3 Å². The first-order chi connectivity index (χ1) is 14.9. The van der Waals surface area contributed by atoms with Crippen LogP contribution >= 0.6 is 0 Å². The molecule has 0 radical (unpaired) electrons. The SMILES string of the molecule is OCCCCCCCCCCCc1ccc2cccc(OCc3ccccc3)c2n1. The van der Waals surface area contributed by atoms with Gasteiger partial charge >= 0.3 is 0 Å². The molecule has 1 N–H and O–H groups in total. The monoisotopic (exact) mass is 405 g/mol. The van der Waals surface area contributed by atoms with E-state index in [1.165, 1.54) is 56.9 Å². The molecule has 0 bridgehead atoms. The first-order valence-corrected chi connectivity index (χ1v) is 11.5. The molecule has 3 rings (SSSR count). The number of pyridine rings is 1. The molecule has 0 saturated heterocycles. The Bertz CT molecular complexity index is 863. The lowest BCUT2D eigenvalue weighted by Gasteiger charge is -2.10. The van der Waals surface area contributed by atoms with E-state index in [1.54, 1.807) is 0 Å². The van der Waals surface area contributed by atoms with Crippen LogP contribution in [0.1, 0.15) is 69.0 Å². The van der Waals surface area contributed by atoms with E-state index in [0.29, 0.717) is 13.2 Å². The molecule has 0 saturated carbocycles. The number of aliphatic hydroxyl groups excluding tert-OH is 1. The zero-order valence-corrected chi connectivity index (χ0v) is 18.1. The molecule has 0 aliphatic carbocycles. The van der Waals surface area contributed by atoms with Crippen molar-refractivity contribution in [2.45, 2.75) is 70.8 Å². The van der Waals surface area contributed by atoms with E-state index in [-0.39, 0.29) is 0 Å². The summed E-state index contributed by atoms with van der Waals surface area (Å²) in [7, 11) is 0. The summed E-state index contributed by atoms with van der Waals surface area (Å²) >= 11 is 0. The number of aliphatic hydroxyl groups is 1. The predicted octanol–water partition coefficient (Wildman–Crippen LogP) is 6.86. The summed E-state index contributed by atoms with van der Waals surface area (Å²) in [5.74, 6) is 0.861. The molecule has 0 amide bonds. The van der Waals surface area contributed by atoms with Crippen molar-refractivity contribution in [3.05, 3.63) is 71.9 Å². The number of hydrogen-bond acceptors (Lipinski definition) is 3. The fourth-order valence-corrected chi connectivity index (χ4v) is 3.81. The third-order valence-electron chi connectivity index (χ3n) is 5.57. The van der Waals surface area contributed by atoms with Crippen molar-refractivity contribution in [3.8, 4) is 5.75 Å². The minimum Gasteiger partial charge on any atom is -0.487 e. The van der Waals surface area contributed by atoms with Crippen LogP contribution in [-0.4, -0.2) is 16.7 Å². The van der Waals surface area contributed by atoms with E-state index in [9.17, 15) is 0 Å². The van der Waals surface area contributed by atoms with Gasteiger partial charge in [0.05, 0.1) is 0 Å². The average Bonchev–Trinajstić information content (AvgIpc) is 2.79. The van der Waals surface area contributed by atoms with Crippen molar-refractivity contribution in [1.29, 1.82) is 0 Å². The minimum absolute atomic E-state index is 0.337. The predicted molar refractivity (Wildman–Crippen MR) is 125 cm³/mol. The number of benzene rings is 2. The highest BCUT2D eigenvalue weighted by molar-refractivity contribution is 5.84. The van der Waals surface area contributed by atoms with Crippen molar-refractivity contribution in [1.82, 2.24) is 4.98 Å². The smallest absolute Gasteiger partial charge is 0.146 e. The zero-order valence-electron chi connectivity index (χ0n) is 18.1. The molecule has 3 aromatic rings. The number of para-hydroxylation sites is 1. The number of aryl methyl sites for hydroxylation is 1. The van der Waals surface area contributed by atoms with Crippen molar-refractivity contribution in [2.24, 2.45) is 0 Å². The molecule has 3 heteroatoms. The van der Waals surface area contributed by atoms with Gasteiger partial charge in [-0.25, -0.2) is 4.98 Å². The van der Waals surface area contributed by atoms with Gasteiger partial charge in [0.25, 0.3) is 0 Å². The topological polar surface area (TPSA) is 42.4 Å². The van der Waals surface area contributed by atoms with Crippen LogP contribution in [0.4, 0.5) is 0 Å². The van der Waals surface area contributed by atoms with Crippen LogP contribution in [0.3, 0.4) is 0 Å². The van der Waals surface area contributed by atoms with Crippen LogP contribution in [0.25, 0.3) is 10.9 Å². The molecular formula is C27H35NO2. The Kier molecular flexibility index (Phi) is 9.68. The number of unbranched alkanes of at least 4 members (excludes halogenated alkanes) is 8. The van der Waals surface area contributed by atoms with Gasteiger partial charge in [0.2, 0.25) is 0 Å². The van der Waals surface area contributed by atoms with Gasteiger partial charge < -0.3 is 9.84 Å². The molecule has 0 atom stereocenters. The van der Waals surface area contributed by atoms with Crippen LogP contribution in [0, 0.1) is 0 Å². The van der Waals surface area contributed by atoms with Gasteiger partial charge in [-0.15, -0.1) is 0 Å². The lowest BCUT2D eigenvalue weighted by Crippen LogP contribution is -1.98. The third-order valence-corrected chi connectivity index (χ3v) is 5.57. The third kappa shape index (κ3) is 7.46. The van der Waals surface area contributed by atoms with Gasteiger partial charge in [-0.1, -0.05) is 93.5 Å². The Balaban J connectivity index is 1.44. The quantitative estimate of drug-likeness (QED) is 0.298. The van der Waals surface area contributed by atoms with Crippen LogP contribution in [0.2, 0.25) is 0 Å². The Morgan fingerprint density at radius 1 is 0.667 bits per heavy atom. The molecule has 1 heterocycles. The summed E-state index contributed by atoms with van der Waals surface area (Å²) in [6, 6.07) is 20.7. The summed E-state index contributed by atoms with van der Waals surface area (Å²) in [4.78, 5) is 4.92. The van der Waals surface area contributed by atoms with Crippen molar-refractivity contribution < 1.29 is 9.84 Å². The summed E-state index contributed by atoms with van der Waals surface area (Å²) < 4.78 is 6.09. The van der Waals surface area contributed by atoms with Crippen molar-refractivity contribution >= 4 is 10.9 Å². The highest BCUT2D eigenvalue weighted by Gasteiger charge is 2.06. The molecule has 160 valence electrons. The van der Waals surface area contributed by atoms with E-state index in [2.05, 4.69) is 30.3 Å². The van der Waals surface area contributed by atoms with Crippen molar-refractivity contribution in [3.63, 3.8) is 0 Å². The highest BCUT2D eigenvalue weighted by atomic mass is 16.5. The minimum atomic E-state index is 0.337. The van der Waals surface area contributed by atoms with Gasteiger partial charge in [-0.05, 0) is 37.0 Å². The number of fused-ring (bicyclic) bond motifs is 1. The molecule has 0 fully saturated rings. The molecular weight excluding hydrogens is 370 g/mol. The normalized spacial score (nSPS) is 11.1. The molecule has 30 heavy (non-hydrogen) atoms. The second kappa shape index (κ2) is 13.0. The molecule has 1 aromatic heterocycles. The van der Waals surface area contributed by atoms with Gasteiger partial charge in [0, 0.05) is 17.7 Å². The van der Waals surface area contributed by atoms with E-state index >= 15 is 0 Å². The van der Waals surface area contributed by atoms with Crippen LogP contribution in [0.15, 0.2) is 60.7 Å². The van der Waals surface area contributed by atoms with Gasteiger partial charge in [-0.2, -0.15) is 0 Å². The number of ether oxygens (including phenoxy) is 1. The van der Waals surface area contributed by atoms with E-state index in [0.717, 1.165) is 35.2 Å². The average molecular weight is 406 g/mol.